The molecule has 2 aromatic carbocycles. The fourth-order valence-corrected chi connectivity index (χ4v) is 2.31. The van der Waals surface area contributed by atoms with Crippen LogP contribution in [-0.4, -0.2) is 0 Å². The first kappa shape index (κ1) is 13.8. The third-order valence-electron chi connectivity index (χ3n) is 3.41. The summed E-state index contributed by atoms with van der Waals surface area (Å²) in [7, 11) is 0. The van der Waals surface area contributed by atoms with Gasteiger partial charge in [-0.3, -0.25) is 0 Å². The molecule has 0 aliphatic heterocycles. The molecule has 0 saturated carbocycles. The van der Waals surface area contributed by atoms with Crippen LogP contribution in [0, 0.1) is 5.82 Å². The Balaban J connectivity index is 2.11. The van der Waals surface area contributed by atoms with E-state index in [1.165, 1.54) is 11.6 Å². The van der Waals surface area contributed by atoms with Crippen molar-refractivity contribution in [2.45, 2.75) is 32.4 Å². The van der Waals surface area contributed by atoms with Crippen LogP contribution in [0.2, 0.25) is 0 Å². The summed E-state index contributed by atoms with van der Waals surface area (Å²) in [4.78, 5) is 0. The molecular weight excluding hydrogens is 237 g/mol. The van der Waals surface area contributed by atoms with E-state index in [4.69, 9.17) is 0 Å². The van der Waals surface area contributed by atoms with Gasteiger partial charge in [-0.05, 0) is 36.6 Å². The Morgan fingerprint density at radius 3 is 2.32 bits per heavy atom. The first-order chi connectivity index (χ1) is 9.20. The molecule has 0 radical (unpaired) electrons. The van der Waals surface area contributed by atoms with Crippen molar-refractivity contribution >= 4 is 0 Å². The van der Waals surface area contributed by atoms with E-state index in [1.807, 2.05) is 24.3 Å². The number of hydrogen-bond donors (Lipinski definition) is 1. The Morgan fingerprint density at radius 2 is 1.68 bits per heavy atom. The highest BCUT2D eigenvalue weighted by molar-refractivity contribution is 5.22. The maximum absolute atomic E-state index is 13.3. The molecular formula is C17H20FN. The molecule has 2 atom stereocenters. The van der Waals surface area contributed by atoms with Crippen molar-refractivity contribution in [3.05, 3.63) is 71.5 Å². The average Bonchev–Trinajstić information content (AvgIpc) is 2.45. The molecule has 0 heterocycles. The molecule has 1 nitrogen and oxygen atoms in total. The maximum Gasteiger partial charge on any atom is 0.123 e. The van der Waals surface area contributed by atoms with E-state index in [0.717, 1.165) is 12.0 Å². The van der Waals surface area contributed by atoms with Gasteiger partial charge in [-0.25, -0.2) is 4.39 Å². The summed E-state index contributed by atoms with van der Waals surface area (Å²) in [6, 6.07) is 17.6. The zero-order valence-corrected chi connectivity index (χ0v) is 11.4. The van der Waals surface area contributed by atoms with E-state index >= 15 is 0 Å². The summed E-state index contributed by atoms with van der Waals surface area (Å²) in [5, 5.41) is 3.56. The molecule has 19 heavy (non-hydrogen) atoms. The van der Waals surface area contributed by atoms with Crippen LogP contribution in [0.25, 0.3) is 0 Å². The lowest BCUT2D eigenvalue weighted by Gasteiger charge is -2.23. The van der Waals surface area contributed by atoms with Gasteiger partial charge >= 0.3 is 0 Å². The summed E-state index contributed by atoms with van der Waals surface area (Å²) in [5.74, 6) is -0.176. The van der Waals surface area contributed by atoms with Gasteiger partial charge in [0.1, 0.15) is 5.82 Å². The molecule has 2 rings (SSSR count). The number of rotatable bonds is 5. The lowest BCUT2D eigenvalue weighted by molar-refractivity contribution is 0.454. The highest BCUT2D eigenvalue weighted by Gasteiger charge is 2.13. The number of hydrogen-bond acceptors (Lipinski definition) is 1. The minimum Gasteiger partial charge on any atom is -0.303 e. The van der Waals surface area contributed by atoms with Gasteiger partial charge in [0.2, 0.25) is 0 Å². The predicted octanol–water partition coefficient (Wildman–Crippen LogP) is 4.63. The van der Waals surface area contributed by atoms with Gasteiger partial charge in [0, 0.05) is 12.1 Å². The Kier molecular flexibility index (Phi) is 4.69. The van der Waals surface area contributed by atoms with Crippen LogP contribution in [0.3, 0.4) is 0 Å². The molecule has 0 amide bonds. The zero-order chi connectivity index (χ0) is 13.7. The van der Waals surface area contributed by atoms with Gasteiger partial charge in [0.05, 0.1) is 0 Å². The Bertz CT molecular complexity index is 510. The van der Waals surface area contributed by atoms with Crippen molar-refractivity contribution in [2.24, 2.45) is 0 Å². The molecule has 0 saturated heterocycles. The SMILES string of the molecule is CCC(N[C@@H](C)c1ccccc1)c1cccc(F)c1. The van der Waals surface area contributed by atoms with E-state index in [1.54, 1.807) is 12.1 Å². The molecule has 100 valence electrons. The van der Waals surface area contributed by atoms with E-state index in [2.05, 4.69) is 31.3 Å². The fourth-order valence-electron chi connectivity index (χ4n) is 2.31. The van der Waals surface area contributed by atoms with Gasteiger partial charge in [0.15, 0.2) is 0 Å². The standard InChI is InChI=1S/C17H20FN/c1-3-17(15-10-7-11-16(18)12-15)19-13(2)14-8-5-4-6-9-14/h4-13,17,19H,3H2,1-2H3/t13-,17?/m0/s1. The lowest BCUT2D eigenvalue weighted by Crippen LogP contribution is -2.24. The van der Waals surface area contributed by atoms with Crippen molar-refractivity contribution in [3.63, 3.8) is 0 Å². The van der Waals surface area contributed by atoms with Crippen LogP contribution in [0.15, 0.2) is 54.6 Å². The van der Waals surface area contributed by atoms with Crippen LogP contribution in [0.4, 0.5) is 4.39 Å². The van der Waals surface area contributed by atoms with Crippen molar-refractivity contribution in [2.75, 3.05) is 0 Å². The maximum atomic E-state index is 13.3. The highest BCUT2D eigenvalue weighted by Crippen LogP contribution is 2.22. The highest BCUT2D eigenvalue weighted by atomic mass is 19.1. The summed E-state index contributed by atoms with van der Waals surface area (Å²) in [6.45, 7) is 4.25. The van der Waals surface area contributed by atoms with Crippen molar-refractivity contribution in [1.82, 2.24) is 5.32 Å². The Labute approximate surface area is 114 Å². The first-order valence-electron chi connectivity index (χ1n) is 6.77. The van der Waals surface area contributed by atoms with Crippen molar-refractivity contribution in [1.29, 1.82) is 0 Å². The molecule has 1 unspecified atom stereocenters. The van der Waals surface area contributed by atoms with Crippen LogP contribution in [0.1, 0.15) is 43.5 Å². The summed E-state index contributed by atoms with van der Waals surface area (Å²) in [5.41, 5.74) is 2.25. The quantitative estimate of drug-likeness (QED) is 0.823. The summed E-state index contributed by atoms with van der Waals surface area (Å²) in [6.07, 6.45) is 0.931. The van der Waals surface area contributed by atoms with Gasteiger partial charge in [-0.2, -0.15) is 0 Å². The average molecular weight is 257 g/mol. The van der Waals surface area contributed by atoms with E-state index in [9.17, 15) is 4.39 Å². The van der Waals surface area contributed by atoms with Gasteiger partial charge in [-0.1, -0.05) is 49.4 Å². The lowest BCUT2D eigenvalue weighted by atomic mass is 10.0. The van der Waals surface area contributed by atoms with E-state index in [-0.39, 0.29) is 17.9 Å². The summed E-state index contributed by atoms with van der Waals surface area (Å²) >= 11 is 0. The monoisotopic (exact) mass is 257 g/mol. The molecule has 0 fully saturated rings. The van der Waals surface area contributed by atoms with Gasteiger partial charge in [0.25, 0.3) is 0 Å². The van der Waals surface area contributed by atoms with Crippen molar-refractivity contribution < 1.29 is 4.39 Å². The minimum absolute atomic E-state index is 0.172. The molecule has 0 aliphatic carbocycles. The molecule has 2 aromatic rings. The molecule has 1 N–H and O–H groups in total. The molecule has 0 aromatic heterocycles. The van der Waals surface area contributed by atoms with Crippen LogP contribution in [-0.2, 0) is 0 Å². The largest absolute Gasteiger partial charge is 0.303 e. The van der Waals surface area contributed by atoms with Crippen LogP contribution < -0.4 is 5.32 Å². The third-order valence-corrected chi connectivity index (χ3v) is 3.41. The molecule has 0 bridgehead atoms. The minimum atomic E-state index is -0.176. The smallest absolute Gasteiger partial charge is 0.123 e. The number of benzene rings is 2. The molecule has 0 aliphatic rings. The van der Waals surface area contributed by atoms with Crippen LogP contribution in [0.5, 0.6) is 0 Å². The number of nitrogens with one attached hydrogen (secondary N) is 1. The normalized spacial score (nSPS) is 14.1. The predicted molar refractivity (Wildman–Crippen MR) is 77.4 cm³/mol. The van der Waals surface area contributed by atoms with Crippen LogP contribution >= 0.6 is 0 Å². The number of halogens is 1. The summed E-state index contributed by atoms with van der Waals surface area (Å²) < 4.78 is 13.3. The second kappa shape index (κ2) is 6.48. The first-order valence-corrected chi connectivity index (χ1v) is 6.77. The molecule has 2 heteroatoms. The van der Waals surface area contributed by atoms with E-state index in [0.29, 0.717) is 0 Å². The Hall–Kier alpha value is -1.67. The van der Waals surface area contributed by atoms with Crippen molar-refractivity contribution in [3.8, 4) is 0 Å². The van der Waals surface area contributed by atoms with Gasteiger partial charge < -0.3 is 5.32 Å². The molecule has 0 spiro atoms. The third kappa shape index (κ3) is 3.65. The topological polar surface area (TPSA) is 12.0 Å². The zero-order valence-electron chi connectivity index (χ0n) is 11.4. The van der Waals surface area contributed by atoms with Gasteiger partial charge in [-0.15, -0.1) is 0 Å². The second-order valence-corrected chi connectivity index (χ2v) is 4.81. The fraction of sp³-hybridized carbons (Fsp3) is 0.294. The van der Waals surface area contributed by atoms with E-state index < -0.39 is 0 Å². The second-order valence-electron chi connectivity index (χ2n) is 4.81. The Morgan fingerprint density at radius 1 is 1.00 bits per heavy atom.